The first kappa shape index (κ1) is 17.0. The number of para-hydroxylation sites is 1. The van der Waals surface area contributed by atoms with E-state index < -0.39 is 11.9 Å². The number of hydrogen-bond acceptors (Lipinski definition) is 2. The minimum Gasteiger partial charge on any atom is -0.478 e. The first-order valence-electron chi connectivity index (χ1n) is 7.79. The van der Waals surface area contributed by atoms with Gasteiger partial charge in [0.1, 0.15) is 0 Å². The Balaban J connectivity index is 2.02. The van der Waals surface area contributed by atoms with Crippen LogP contribution in [0.1, 0.15) is 37.4 Å². The molecule has 0 aliphatic rings. The SMILES string of the molecule is CC[C@@H](Oc1ccccc1F)C(=O)N[C@@H](C)c1ccc(C)cc1. The lowest BCUT2D eigenvalue weighted by molar-refractivity contribution is -0.128. The fourth-order valence-electron chi connectivity index (χ4n) is 2.26. The molecular formula is C19H22FNO2. The summed E-state index contributed by atoms with van der Waals surface area (Å²) in [5, 5.41) is 2.92. The lowest BCUT2D eigenvalue weighted by Crippen LogP contribution is -2.39. The van der Waals surface area contributed by atoms with Crippen molar-refractivity contribution in [3.05, 3.63) is 65.5 Å². The van der Waals surface area contributed by atoms with Crippen LogP contribution in [-0.2, 0) is 4.79 Å². The molecule has 0 saturated heterocycles. The molecule has 0 unspecified atom stereocenters. The Morgan fingerprint density at radius 2 is 1.83 bits per heavy atom. The van der Waals surface area contributed by atoms with Crippen molar-refractivity contribution in [2.24, 2.45) is 0 Å². The predicted molar refractivity (Wildman–Crippen MR) is 88.8 cm³/mol. The van der Waals surface area contributed by atoms with Crippen molar-refractivity contribution in [1.29, 1.82) is 0 Å². The standard InChI is InChI=1S/C19H22FNO2/c1-4-17(23-18-8-6-5-7-16(18)20)19(22)21-14(3)15-11-9-13(2)10-12-15/h5-12,14,17H,4H2,1-3H3,(H,21,22)/t14-,17+/m0/s1. The van der Waals surface area contributed by atoms with Crippen molar-refractivity contribution >= 4 is 5.91 Å². The van der Waals surface area contributed by atoms with Crippen LogP contribution in [0.3, 0.4) is 0 Å². The second-order valence-corrected chi connectivity index (χ2v) is 5.59. The van der Waals surface area contributed by atoms with Crippen molar-refractivity contribution in [2.75, 3.05) is 0 Å². The first-order valence-corrected chi connectivity index (χ1v) is 7.79. The van der Waals surface area contributed by atoms with E-state index in [2.05, 4.69) is 5.32 Å². The average molecular weight is 315 g/mol. The van der Waals surface area contributed by atoms with Gasteiger partial charge in [0.05, 0.1) is 6.04 Å². The molecule has 122 valence electrons. The van der Waals surface area contributed by atoms with Crippen molar-refractivity contribution in [2.45, 2.75) is 39.3 Å². The highest BCUT2D eigenvalue weighted by atomic mass is 19.1. The normalized spacial score (nSPS) is 13.2. The summed E-state index contributed by atoms with van der Waals surface area (Å²) in [6.45, 7) is 5.77. The van der Waals surface area contributed by atoms with Gasteiger partial charge in [0.2, 0.25) is 0 Å². The molecule has 2 rings (SSSR count). The van der Waals surface area contributed by atoms with Crippen LogP contribution >= 0.6 is 0 Å². The summed E-state index contributed by atoms with van der Waals surface area (Å²) in [5.74, 6) is -0.619. The van der Waals surface area contributed by atoms with E-state index in [0.717, 1.165) is 5.56 Å². The van der Waals surface area contributed by atoms with Gasteiger partial charge in [-0.15, -0.1) is 0 Å². The molecule has 0 fully saturated rings. The van der Waals surface area contributed by atoms with E-state index in [1.807, 2.05) is 45.0 Å². The van der Waals surface area contributed by atoms with E-state index in [0.29, 0.717) is 6.42 Å². The summed E-state index contributed by atoms with van der Waals surface area (Å²) in [4.78, 5) is 12.4. The van der Waals surface area contributed by atoms with Crippen molar-refractivity contribution in [3.8, 4) is 5.75 Å². The van der Waals surface area contributed by atoms with Gasteiger partial charge in [-0.2, -0.15) is 0 Å². The van der Waals surface area contributed by atoms with Crippen LogP contribution in [0.5, 0.6) is 5.75 Å². The molecule has 1 N–H and O–H groups in total. The summed E-state index contributed by atoms with van der Waals surface area (Å²) in [7, 11) is 0. The Labute approximate surface area is 136 Å². The number of hydrogen-bond donors (Lipinski definition) is 1. The monoisotopic (exact) mass is 315 g/mol. The fourth-order valence-corrected chi connectivity index (χ4v) is 2.26. The molecule has 0 aromatic heterocycles. The molecule has 0 bridgehead atoms. The molecule has 0 aliphatic carbocycles. The summed E-state index contributed by atoms with van der Waals surface area (Å²) >= 11 is 0. The van der Waals surface area contributed by atoms with Gasteiger partial charge in [-0.3, -0.25) is 4.79 Å². The maximum absolute atomic E-state index is 13.7. The number of nitrogens with one attached hydrogen (secondary N) is 1. The summed E-state index contributed by atoms with van der Waals surface area (Å²) in [6, 6.07) is 13.9. The van der Waals surface area contributed by atoms with Gasteiger partial charge in [0.15, 0.2) is 17.7 Å². The van der Waals surface area contributed by atoms with Crippen molar-refractivity contribution in [3.63, 3.8) is 0 Å². The van der Waals surface area contributed by atoms with E-state index in [9.17, 15) is 9.18 Å². The van der Waals surface area contributed by atoms with Gasteiger partial charge in [-0.05, 0) is 38.0 Å². The van der Waals surface area contributed by atoms with Crippen LogP contribution in [0.4, 0.5) is 4.39 Å². The number of rotatable bonds is 6. The number of carbonyl (C=O) groups is 1. The second kappa shape index (κ2) is 7.77. The molecule has 2 aromatic carbocycles. The Hall–Kier alpha value is -2.36. The number of benzene rings is 2. The molecule has 0 heterocycles. The zero-order valence-corrected chi connectivity index (χ0v) is 13.7. The molecule has 0 spiro atoms. The van der Waals surface area contributed by atoms with E-state index in [1.165, 1.54) is 17.7 Å². The third-order valence-corrected chi connectivity index (χ3v) is 3.71. The fraction of sp³-hybridized carbons (Fsp3) is 0.316. The third-order valence-electron chi connectivity index (χ3n) is 3.71. The number of amides is 1. The smallest absolute Gasteiger partial charge is 0.261 e. The van der Waals surface area contributed by atoms with Crippen LogP contribution in [0.15, 0.2) is 48.5 Å². The first-order chi connectivity index (χ1) is 11.0. The molecule has 0 radical (unpaired) electrons. The van der Waals surface area contributed by atoms with Crippen LogP contribution in [0.2, 0.25) is 0 Å². The minimum atomic E-state index is -0.722. The zero-order valence-electron chi connectivity index (χ0n) is 13.7. The molecule has 2 aromatic rings. The van der Waals surface area contributed by atoms with E-state index >= 15 is 0 Å². The maximum Gasteiger partial charge on any atom is 0.261 e. The quantitative estimate of drug-likeness (QED) is 0.869. The van der Waals surface area contributed by atoms with Gasteiger partial charge in [-0.1, -0.05) is 48.9 Å². The van der Waals surface area contributed by atoms with E-state index in [-0.39, 0.29) is 17.7 Å². The van der Waals surface area contributed by atoms with Gasteiger partial charge in [-0.25, -0.2) is 4.39 Å². The van der Waals surface area contributed by atoms with E-state index in [1.54, 1.807) is 12.1 Å². The van der Waals surface area contributed by atoms with Crippen LogP contribution in [0.25, 0.3) is 0 Å². The number of halogens is 1. The van der Waals surface area contributed by atoms with Gasteiger partial charge in [0, 0.05) is 0 Å². The molecule has 4 heteroatoms. The molecule has 23 heavy (non-hydrogen) atoms. The van der Waals surface area contributed by atoms with Gasteiger partial charge < -0.3 is 10.1 Å². The third kappa shape index (κ3) is 4.55. The number of ether oxygens (including phenoxy) is 1. The molecule has 0 saturated carbocycles. The Morgan fingerprint density at radius 3 is 2.43 bits per heavy atom. The van der Waals surface area contributed by atoms with Crippen LogP contribution < -0.4 is 10.1 Å². The van der Waals surface area contributed by atoms with Gasteiger partial charge >= 0.3 is 0 Å². The lowest BCUT2D eigenvalue weighted by Gasteiger charge is -2.21. The Kier molecular flexibility index (Phi) is 5.74. The maximum atomic E-state index is 13.7. The van der Waals surface area contributed by atoms with Crippen molar-refractivity contribution < 1.29 is 13.9 Å². The summed E-state index contributed by atoms with van der Waals surface area (Å²) < 4.78 is 19.2. The second-order valence-electron chi connectivity index (χ2n) is 5.59. The average Bonchev–Trinajstić information content (AvgIpc) is 2.54. The molecular weight excluding hydrogens is 293 g/mol. The number of aryl methyl sites for hydroxylation is 1. The highest BCUT2D eigenvalue weighted by Gasteiger charge is 2.21. The molecule has 3 nitrogen and oxygen atoms in total. The number of carbonyl (C=O) groups excluding carboxylic acids is 1. The van der Waals surface area contributed by atoms with Gasteiger partial charge in [0.25, 0.3) is 5.91 Å². The molecule has 0 aliphatic heterocycles. The highest BCUT2D eigenvalue weighted by molar-refractivity contribution is 5.81. The predicted octanol–water partition coefficient (Wildman–Crippen LogP) is 4.17. The Bertz CT molecular complexity index is 655. The van der Waals surface area contributed by atoms with Crippen molar-refractivity contribution in [1.82, 2.24) is 5.32 Å². The summed E-state index contributed by atoms with van der Waals surface area (Å²) in [5.41, 5.74) is 2.19. The van der Waals surface area contributed by atoms with Crippen LogP contribution in [-0.4, -0.2) is 12.0 Å². The molecule has 2 atom stereocenters. The zero-order chi connectivity index (χ0) is 16.8. The van der Waals surface area contributed by atoms with Crippen LogP contribution in [0, 0.1) is 12.7 Å². The topological polar surface area (TPSA) is 38.3 Å². The lowest BCUT2D eigenvalue weighted by atomic mass is 10.1. The van der Waals surface area contributed by atoms with E-state index in [4.69, 9.17) is 4.74 Å². The summed E-state index contributed by atoms with van der Waals surface area (Å²) in [6.07, 6.45) is -0.263. The largest absolute Gasteiger partial charge is 0.478 e. The highest BCUT2D eigenvalue weighted by Crippen LogP contribution is 2.19. The Morgan fingerprint density at radius 1 is 1.17 bits per heavy atom. The molecule has 1 amide bonds. The minimum absolute atomic E-state index is 0.0949.